The molecule has 0 N–H and O–H groups in total. The lowest BCUT2D eigenvalue weighted by atomic mass is 10.3. The van der Waals surface area contributed by atoms with Crippen LogP contribution in [0.5, 0.6) is 0 Å². The van der Waals surface area contributed by atoms with Gasteiger partial charge in [0.2, 0.25) is 0 Å². The van der Waals surface area contributed by atoms with E-state index in [1.807, 2.05) is 0 Å². The highest BCUT2D eigenvalue weighted by Gasteiger charge is 2.38. The topological polar surface area (TPSA) is 27.7 Å². The Morgan fingerprint density at radius 2 is 0.548 bits per heavy atom. The van der Waals surface area contributed by atoms with Crippen molar-refractivity contribution in [2.24, 2.45) is 35.5 Å². The summed E-state index contributed by atoms with van der Waals surface area (Å²) in [6.07, 6.45) is 0. The smallest absolute Gasteiger partial charge is 0.521 e. The van der Waals surface area contributed by atoms with Crippen LogP contribution in [-0.2, 0) is 11.1 Å². The molecule has 0 fully saturated rings. The lowest BCUT2D eigenvalue weighted by molar-refractivity contribution is 0.299. The molecule has 0 aromatic heterocycles. The summed E-state index contributed by atoms with van der Waals surface area (Å²) in [5.41, 5.74) is 0. The standard InChI is InChI=1S/6C4H9.3Al.BO3/c6*1-4(2)3;;;;2-1(3)4/h6*4H,1H2,2-3H3;;;;/q;;;;;;3*+1;-3. The monoisotopic (exact) mass is 482 g/mol. The summed E-state index contributed by atoms with van der Waals surface area (Å²) in [5.74, 6) is 4.05. The molecule has 0 rings (SSSR count). The van der Waals surface area contributed by atoms with E-state index in [-0.39, 0.29) is 0 Å². The van der Waals surface area contributed by atoms with E-state index >= 15 is 0 Å². The van der Waals surface area contributed by atoms with Gasteiger partial charge in [0.05, 0.1) is 0 Å². The Labute approximate surface area is 211 Å². The highest BCUT2D eigenvalue weighted by Crippen LogP contribution is 2.23. The zero-order valence-corrected chi connectivity index (χ0v) is 26.7. The number of rotatable bonds is 18. The summed E-state index contributed by atoms with van der Waals surface area (Å²) in [4.78, 5) is 0. The van der Waals surface area contributed by atoms with Gasteiger partial charge in [-0.1, -0.05) is 150 Å². The molecule has 0 saturated carbocycles. The summed E-state index contributed by atoms with van der Waals surface area (Å²) in [5, 5.41) is 7.27. The maximum atomic E-state index is 6.82. The number of hydrogen-bond donors (Lipinski definition) is 0. The Kier molecular flexibility index (Phi) is 18.8. The van der Waals surface area contributed by atoms with Gasteiger partial charge in [-0.05, 0) is 0 Å². The van der Waals surface area contributed by atoms with Crippen molar-refractivity contribution in [3.63, 3.8) is 0 Å². The first-order valence-electron chi connectivity index (χ1n) is 13.2. The molecule has 3 nitrogen and oxygen atoms in total. The molecule has 0 spiro atoms. The molecule has 0 aliphatic heterocycles. The summed E-state index contributed by atoms with van der Waals surface area (Å²) in [6.45, 7) is 27.9. The Hall–Kier alpha value is 1.54. The van der Waals surface area contributed by atoms with Crippen LogP contribution in [0.3, 0.4) is 0 Å². The second kappa shape index (κ2) is 17.9. The predicted molar refractivity (Wildman–Crippen MR) is 144 cm³/mol. The summed E-state index contributed by atoms with van der Waals surface area (Å²) < 4.78 is 20.5. The molecule has 0 unspecified atom stereocenters. The minimum atomic E-state index is -1.37. The fourth-order valence-corrected chi connectivity index (χ4v) is 13.6. The Balaban J connectivity index is 5.59. The van der Waals surface area contributed by atoms with E-state index in [1.165, 1.54) is 31.7 Å². The van der Waals surface area contributed by atoms with Crippen molar-refractivity contribution in [2.45, 2.75) is 115 Å². The van der Waals surface area contributed by atoms with E-state index in [9.17, 15) is 0 Å². The average Bonchev–Trinajstić information content (AvgIpc) is 2.50. The van der Waals surface area contributed by atoms with Gasteiger partial charge in [-0.15, -0.1) is 0 Å². The number of hydrogen-bond acceptors (Lipinski definition) is 3. The molecule has 0 aliphatic carbocycles. The van der Waals surface area contributed by atoms with Crippen molar-refractivity contribution in [1.82, 2.24) is 0 Å². The van der Waals surface area contributed by atoms with E-state index in [0.29, 0.717) is 35.5 Å². The molecule has 0 aliphatic rings. The van der Waals surface area contributed by atoms with Crippen molar-refractivity contribution < 1.29 is 11.1 Å². The van der Waals surface area contributed by atoms with Crippen molar-refractivity contribution >= 4 is 50.8 Å². The van der Waals surface area contributed by atoms with Gasteiger partial charge in [-0.3, -0.25) is 0 Å². The Morgan fingerprint density at radius 3 is 0.677 bits per heavy atom. The van der Waals surface area contributed by atoms with Gasteiger partial charge in [-0.2, -0.15) is 0 Å². The van der Waals surface area contributed by atoms with Gasteiger partial charge < -0.3 is 11.1 Å². The van der Waals surface area contributed by atoms with Crippen LogP contribution in [-0.4, -0.2) is 50.8 Å². The van der Waals surface area contributed by atoms with Crippen LogP contribution in [0.2, 0.25) is 31.7 Å². The van der Waals surface area contributed by atoms with Crippen LogP contribution < -0.4 is 0 Å². The molecule has 7 heteroatoms. The van der Waals surface area contributed by atoms with E-state index in [4.69, 9.17) is 11.1 Å². The van der Waals surface area contributed by atoms with E-state index < -0.39 is 50.8 Å². The molecule has 180 valence electrons. The first kappa shape index (κ1) is 32.5. The van der Waals surface area contributed by atoms with Gasteiger partial charge in [0.15, 0.2) is 0 Å². The van der Waals surface area contributed by atoms with Gasteiger partial charge in [0.25, 0.3) is 0 Å². The largest absolute Gasteiger partial charge is 0.547 e. The third-order valence-electron chi connectivity index (χ3n) is 5.32. The molecule has 0 aromatic rings. The SMILES string of the molecule is CC(C)[CH2][Al]([CH2]C(C)C)[O]B([O][Al]([CH2]C(C)C)[CH2]C(C)C)[O][Al]([CH2]C(C)C)[CH2]C(C)C. The Morgan fingerprint density at radius 1 is 0.387 bits per heavy atom. The molecular formula is C24H54Al3BO3. The predicted octanol–water partition coefficient (Wildman–Crippen LogP) is 7.93. The van der Waals surface area contributed by atoms with Crippen molar-refractivity contribution in [3.8, 4) is 0 Å². The third kappa shape index (κ3) is 19.5. The average molecular weight is 482 g/mol. The molecule has 31 heavy (non-hydrogen) atoms. The second-order valence-electron chi connectivity index (χ2n) is 12.3. The molecular weight excluding hydrogens is 428 g/mol. The lowest BCUT2D eigenvalue weighted by Crippen LogP contribution is -2.44. The van der Waals surface area contributed by atoms with Crippen LogP contribution in [0.1, 0.15) is 83.1 Å². The maximum absolute atomic E-state index is 6.82. The highest BCUT2D eigenvalue weighted by atomic mass is 27.2. The van der Waals surface area contributed by atoms with E-state index in [2.05, 4.69) is 83.1 Å². The van der Waals surface area contributed by atoms with Gasteiger partial charge >= 0.3 is 50.8 Å². The van der Waals surface area contributed by atoms with Gasteiger partial charge in [-0.25, -0.2) is 0 Å². The van der Waals surface area contributed by atoms with Crippen LogP contribution in [0, 0.1) is 35.5 Å². The van der Waals surface area contributed by atoms with Crippen LogP contribution >= 0.6 is 0 Å². The lowest BCUT2D eigenvalue weighted by Gasteiger charge is -2.29. The molecule has 0 radical (unpaired) electrons. The fourth-order valence-electron chi connectivity index (χ4n) is 4.34. The van der Waals surface area contributed by atoms with Gasteiger partial charge in [0.1, 0.15) is 0 Å². The first-order valence-corrected chi connectivity index (χ1v) is 19.6. The van der Waals surface area contributed by atoms with Crippen LogP contribution in [0.25, 0.3) is 0 Å². The molecule has 0 bridgehead atoms. The quantitative estimate of drug-likeness (QED) is 0.186. The first-order chi connectivity index (χ1) is 14.3. The maximum Gasteiger partial charge on any atom is 0.547 e. The third-order valence-corrected chi connectivity index (χ3v) is 15.9. The Bertz CT molecular complexity index is 342. The van der Waals surface area contributed by atoms with Crippen molar-refractivity contribution in [3.05, 3.63) is 0 Å². The molecule has 0 saturated heterocycles. The van der Waals surface area contributed by atoms with E-state index in [0.717, 1.165) is 0 Å². The van der Waals surface area contributed by atoms with Crippen LogP contribution in [0.15, 0.2) is 0 Å². The summed E-state index contributed by atoms with van der Waals surface area (Å²) in [7, 11) is -0.391. The molecule has 0 aromatic carbocycles. The fraction of sp³-hybridized carbons (Fsp3) is 1.00. The minimum absolute atomic E-state index is 0.391. The molecule has 0 amide bonds. The van der Waals surface area contributed by atoms with Crippen molar-refractivity contribution in [2.75, 3.05) is 0 Å². The van der Waals surface area contributed by atoms with Crippen molar-refractivity contribution in [1.29, 1.82) is 0 Å². The normalized spacial score (nSPS) is 12.2. The summed E-state index contributed by atoms with van der Waals surface area (Å²) >= 11 is -4.12. The van der Waals surface area contributed by atoms with Crippen LogP contribution in [0.4, 0.5) is 0 Å². The summed E-state index contributed by atoms with van der Waals surface area (Å²) in [6, 6.07) is 0. The second-order valence-corrected chi connectivity index (χ2v) is 19.7. The van der Waals surface area contributed by atoms with Gasteiger partial charge in [0, 0.05) is 0 Å². The van der Waals surface area contributed by atoms with E-state index in [1.54, 1.807) is 0 Å². The highest BCUT2D eigenvalue weighted by molar-refractivity contribution is 6.71. The molecule has 0 atom stereocenters. The minimum Gasteiger partial charge on any atom is -0.521 e. The zero-order valence-electron chi connectivity index (χ0n) is 23.2. The molecule has 0 heterocycles. The zero-order chi connectivity index (χ0) is 24.1.